The second kappa shape index (κ2) is 9.56. The van der Waals surface area contributed by atoms with Crippen LogP contribution in [-0.4, -0.2) is 30.5 Å². The van der Waals surface area contributed by atoms with Crippen LogP contribution in [0.25, 0.3) is 0 Å². The zero-order valence-corrected chi connectivity index (χ0v) is 16.4. The smallest absolute Gasteiger partial charge is 0.227 e. The van der Waals surface area contributed by atoms with Crippen LogP contribution in [0.4, 0.5) is 5.69 Å². The van der Waals surface area contributed by atoms with Crippen molar-refractivity contribution in [2.75, 3.05) is 25.0 Å². The molecule has 1 fully saturated rings. The zero-order chi connectivity index (χ0) is 19.1. The Morgan fingerprint density at radius 1 is 1.07 bits per heavy atom. The van der Waals surface area contributed by atoms with E-state index in [4.69, 9.17) is 4.74 Å². The topological polar surface area (TPSA) is 41.6 Å². The second-order valence-corrected chi connectivity index (χ2v) is 7.62. The molecule has 4 nitrogen and oxygen atoms in total. The first-order valence-electron chi connectivity index (χ1n) is 9.89. The molecule has 0 aromatic heterocycles. The number of carbonyl (C=O) groups is 1. The van der Waals surface area contributed by atoms with E-state index in [9.17, 15) is 4.79 Å². The summed E-state index contributed by atoms with van der Waals surface area (Å²) in [6.07, 6.45) is 2.92. The number of rotatable bonds is 7. The van der Waals surface area contributed by atoms with Gasteiger partial charge in [-0.15, -0.1) is 0 Å². The molecule has 3 rings (SSSR count). The first kappa shape index (κ1) is 19.4. The van der Waals surface area contributed by atoms with Crippen LogP contribution < -0.4 is 10.1 Å². The molecule has 0 spiro atoms. The molecule has 0 saturated carbocycles. The van der Waals surface area contributed by atoms with Crippen molar-refractivity contribution in [1.82, 2.24) is 4.90 Å². The van der Waals surface area contributed by atoms with Gasteiger partial charge in [-0.25, -0.2) is 0 Å². The second-order valence-electron chi connectivity index (χ2n) is 7.62. The van der Waals surface area contributed by atoms with Crippen LogP contribution in [0.1, 0.15) is 37.3 Å². The average molecular weight is 367 g/mol. The van der Waals surface area contributed by atoms with Gasteiger partial charge in [-0.3, -0.25) is 9.69 Å². The quantitative estimate of drug-likeness (QED) is 0.776. The molecule has 1 amide bonds. The number of hydrogen-bond donors (Lipinski definition) is 1. The van der Waals surface area contributed by atoms with Crippen molar-refractivity contribution in [3.05, 3.63) is 59.7 Å². The number of nitrogens with one attached hydrogen (secondary N) is 1. The minimum absolute atomic E-state index is 0.0279. The van der Waals surface area contributed by atoms with Crippen molar-refractivity contribution in [3.63, 3.8) is 0 Å². The molecule has 144 valence electrons. The maximum atomic E-state index is 12.1. The molecule has 1 aliphatic rings. The molecular weight excluding hydrogens is 336 g/mol. The van der Waals surface area contributed by atoms with Gasteiger partial charge in [-0.2, -0.15) is 0 Å². The van der Waals surface area contributed by atoms with Gasteiger partial charge in [0.25, 0.3) is 0 Å². The first-order chi connectivity index (χ1) is 13.1. The SMILES string of the molecule is Cc1ccc(OCCC(=O)Nc2ccc(CN3CCC(C)CC3)cc2)cc1. The predicted octanol–water partition coefficient (Wildman–Crippen LogP) is 4.63. The highest BCUT2D eigenvalue weighted by Crippen LogP contribution is 2.19. The fourth-order valence-electron chi connectivity index (χ4n) is 3.29. The van der Waals surface area contributed by atoms with Crippen molar-refractivity contribution >= 4 is 11.6 Å². The Bertz CT molecular complexity index is 717. The average Bonchev–Trinajstić information content (AvgIpc) is 2.67. The summed E-state index contributed by atoms with van der Waals surface area (Å²) in [5.41, 5.74) is 3.33. The van der Waals surface area contributed by atoms with Crippen molar-refractivity contribution in [3.8, 4) is 5.75 Å². The zero-order valence-electron chi connectivity index (χ0n) is 16.4. The molecule has 1 aliphatic heterocycles. The third-order valence-electron chi connectivity index (χ3n) is 5.14. The lowest BCUT2D eigenvalue weighted by molar-refractivity contribution is -0.116. The summed E-state index contributed by atoms with van der Waals surface area (Å²) in [5, 5.41) is 2.94. The number of nitrogens with zero attached hydrogens (tertiary/aromatic N) is 1. The highest BCUT2D eigenvalue weighted by Gasteiger charge is 2.15. The Hall–Kier alpha value is -2.33. The van der Waals surface area contributed by atoms with Crippen molar-refractivity contribution in [2.24, 2.45) is 5.92 Å². The number of anilines is 1. The number of amides is 1. The van der Waals surface area contributed by atoms with E-state index in [0.29, 0.717) is 13.0 Å². The van der Waals surface area contributed by atoms with Crippen LogP contribution in [-0.2, 0) is 11.3 Å². The maximum Gasteiger partial charge on any atom is 0.227 e. The maximum absolute atomic E-state index is 12.1. The molecule has 0 aliphatic carbocycles. The largest absolute Gasteiger partial charge is 0.493 e. The Morgan fingerprint density at radius 3 is 2.41 bits per heavy atom. The molecule has 0 bridgehead atoms. The van der Waals surface area contributed by atoms with E-state index >= 15 is 0 Å². The summed E-state index contributed by atoms with van der Waals surface area (Å²) in [6, 6.07) is 16.0. The van der Waals surface area contributed by atoms with Gasteiger partial charge >= 0.3 is 0 Å². The molecule has 0 atom stereocenters. The van der Waals surface area contributed by atoms with Gasteiger partial charge in [0.15, 0.2) is 0 Å². The molecular formula is C23H30N2O2. The number of carbonyl (C=O) groups excluding carboxylic acids is 1. The lowest BCUT2D eigenvalue weighted by atomic mass is 9.99. The summed E-state index contributed by atoms with van der Waals surface area (Å²) in [6.45, 7) is 8.10. The highest BCUT2D eigenvalue weighted by atomic mass is 16.5. The number of ether oxygens (including phenoxy) is 1. The highest BCUT2D eigenvalue weighted by molar-refractivity contribution is 5.90. The molecule has 2 aromatic carbocycles. The number of piperidine rings is 1. The van der Waals surface area contributed by atoms with Crippen LogP contribution in [0.2, 0.25) is 0 Å². The molecule has 27 heavy (non-hydrogen) atoms. The molecule has 0 radical (unpaired) electrons. The number of likely N-dealkylation sites (tertiary alicyclic amines) is 1. The minimum Gasteiger partial charge on any atom is -0.493 e. The third kappa shape index (κ3) is 6.40. The number of aryl methyl sites for hydroxylation is 1. The van der Waals surface area contributed by atoms with E-state index in [-0.39, 0.29) is 5.91 Å². The summed E-state index contributed by atoms with van der Waals surface area (Å²) >= 11 is 0. The lowest BCUT2D eigenvalue weighted by Gasteiger charge is -2.30. The van der Waals surface area contributed by atoms with Crippen molar-refractivity contribution < 1.29 is 9.53 Å². The first-order valence-corrected chi connectivity index (χ1v) is 9.89. The van der Waals surface area contributed by atoms with Gasteiger partial charge in [-0.1, -0.05) is 36.8 Å². The molecule has 1 heterocycles. The minimum atomic E-state index is -0.0279. The van der Waals surface area contributed by atoms with Gasteiger partial charge < -0.3 is 10.1 Å². The van der Waals surface area contributed by atoms with E-state index in [1.54, 1.807) is 0 Å². The van der Waals surface area contributed by atoms with E-state index < -0.39 is 0 Å². The fraction of sp³-hybridized carbons (Fsp3) is 0.435. The lowest BCUT2D eigenvalue weighted by Crippen LogP contribution is -2.32. The molecule has 1 saturated heterocycles. The van der Waals surface area contributed by atoms with Gasteiger partial charge in [-0.05, 0) is 68.6 Å². The monoisotopic (exact) mass is 366 g/mol. The normalized spacial score (nSPS) is 15.5. The summed E-state index contributed by atoms with van der Waals surface area (Å²) in [7, 11) is 0. The Morgan fingerprint density at radius 2 is 1.74 bits per heavy atom. The van der Waals surface area contributed by atoms with E-state index in [2.05, 4.69) is 29.3 Å². The van der Waals surface area contributed by atoms with Gasteiger partial charge in [0.05, 0.1) is 13.0 Å². The van der Waals surface area contributed by atoms with Crippen molar-refractivity contribution in [2.45, 2.75) is 39.7 Å². The summed E-state index contributed by atoms with van der Waals surface area (Å²) < 4.78 is 5.61. The fourth-order valence-corrected chi connectivity index (χ4v) is 3.29. The molecule has 1 N–H and O–H groups in total. The Labute approximate surface area is 162 Å². The van der Waals surface area contributed by atoms with Gasteiger partial charge in [0.2, 0.25) is 5.91 Å². The molecule has 0 unspecified atom stereocenters. The van der Waals surface area contributed by atoms with Gasteiger partial charge in [0.1, 0.15) is 5.75 Å². The predicted molar refractivity (Wildman–Crippen MR) is 110 cm³/mol. The Balaban J connectivity index is 1.39. The molecule has 4 heteroatoms. The van der Waals surface area contributed by atoms with E-state index in [1.807, 2.05) is 43.3 Å². The van der Waals surface area contributed by atoms with E-state index in [0.717, 1.165) is 23.9 Å². The van der Waals surface area contributed by atoms with Crippen LogP contribution in [0.5, 0.6) is 5.75 Å². The standard InChI is InChI=1S/C23H30N2O2/c1-18-3-9-22(10-4-18)27-16-13-23(26)24-21-7-5-20(6-8-21)17-25-14-11-19(2)12-15-25/h3-10,19H,11-17H2,1-2H3,(H,24,26). The van der Waals surface area contributed by atoms with Crippen LogP contribution >= 0.6 is 0 Å². The number of benzene rings is 2. The van der Waals surface area contributed by atoms with Crippen LogP contribution in [0.3, 0.4) is 0 Å². The Kier molecular flexibility index (Phi) is 6.88. The molecule has 2 aromatic rings. The summed E-state index contributed by atoms with van der Waals surface area (Å²) in [5.74, 6) is 1.62. The number of hydrogen-bond acceptors (Lipinski definition) is 3. The van der Waals surface area contributed by atoms with Crippen LogP contribution in [0, 0.1) is 12.8 Å². The van der Waals surface area contributed by atoms with E-state index in [1.165, 1.54) is 37.1 Å². The third-order valence-corrected chi connectivity index (χ3v) is 5.14. The summed E-state index contributed by atoms with van der Waals surface area (Å²) in [4.78, 5) is 14.6. The van der Waals surface area contributed by atoms with Crippen molar-refractivity contribution in [1.29, 1.82) is 0 Å². The van der Waals surface area contributed by atoms with Crippen LogP contribution in [0.15, 0.2) is 48.5 Å². The van der Waals surface area contributed by atoms with Gasteiger partial charge in [0, 0.05) is 12.2 Å².